The zero-order valence-corrected chi connectivity index (χ0v) is 13.4. The normalized spacial score (nSPS) is 36.9. The number of halogens is 1. The number of rotatable bonds is 4. The van der Waals surface area contributed by atoms with Crippen LogP contribution < -0.4 is 5.32 Å². The van der Waals surface area contributed by atoms with Crippen LogP contribution in [-0.4, -0.2) is 36.0 Å². The van der Waals surface area contributed by atoms with E-state index in [9.17, 15) is 5.11 Å². The van der Waals surface area contributed by atoms with Crippen molar-refractivity contribution in [3.8, 4) is 0 Å². The minimum absolute atomic E-state index is 0.0580. The van der Waals surface area contributed by atoms with Gasteiger partial charge in [-0.05, 0) is 43.4 Å². The average Bonchev–Trinajstić information content (AvgIpc) is 2.70. The number of benzene rings is 1. The maximum Gasteiger partial charge on any atom is 0.105 e. The molecule has 1 heterocycles. The van der Waals surface area contributed by atoms with Crippen LogP contribution in [0.1, 0.15) is 37.7 Å². The Hall–Kier alpha value is -0.420. The molecule has 1 aromatic rings. The lowest BCUT2D eigenvalue weighted by Gasteiger charge is -2.38. The first-order valence-electron chi connectivity index (χ1n) is 7.40. The Morgan fingerprint density at radius 1 is 1.35 bits per heavy atom. The summed E-state index contributed by atoms with van der Waals surface area (Å²) in [5.74, 6) is 0.660. The van der Waals surface area contributed by atoms with E-state index in [-0.39, 0.29) is 6.10 Å². The Kier molecular flexibility index (Phi) is 4.18. The van der Waals surface area contributed by atoms with Crippen LogP contribution >= 0.6 is 15.9 Å². The summed E-state index contributed by atoms with van der Waals surface area (Å²) in [4.78, 5) is 0. The molecule has 2 atom stereocenters. The van der Waals surface area contributed by atoms with Crippen LogP contribution in [0.4, 0.5) is 0 Å². The van der Waals surface area contributed by atoms with Crippen molar-refractivity contribution in [2.75, 3.05) is 13.2 Å². The molecule has 0 aromatic heterocycles. The topological polar surface area (TPSA) is 41.5 Å². The van der Waals surface area contributed by atoms with Crippen molar-refractivity contribution in [1.29, 1.82) is 0 Å². The molecule has 1 aliphatic heterocycles. The maximum absolute atomic E-state index is 10.4. The summed E-state index contributed by atoms with van der Waals surface area (Å²) in [7, 11) is 0. The molecule has 2 N–H and O–H groups in total. The molecule has 0 bridgehead atoms. The van der Waals surface area contributed by atoms with Gasteiger partial charge in [-0.1, -0.05) is 28.1 Å². The zero-order chi connectivity index (χ0) is 14.2. The quantitative estimate of drug-likeness (QED) is 0.886. The van der Waals surface area contributed by atoms with Crippen molar-refractivity contribution < 1.29 is 9.84 Å². The van der Waals surface area contributed by atoms with Crippen LogP contribution in [0.15, 0.2) is 28.7 Å². The summed E-state index contributed by atoms with van der Waals surface area (Å²) >= 11 is 3.47. The summed E-state index contributed by atoms with van der Waals surface area (Å²) in [6, 6.07) is 9.14. The van der Waals surface area contributed by atoms with E-state index in [1.54, 1.807) is 0 Å². The predicted molar refractivity (Wildman–Crippen MR) is 82.9 cm³/mol. The fourth-order valence-corrected chi connectivity index (χ4v) is 3.38. The summed E-state index contributed by atoms with van der Waals surface area (Å²) in [6.07, 6.45) is 3.00. The van der Waals surface area contributed by atoms with Gasteiger partial charge >= 0.3 is 0 Å². The predicted octanol–water partition coefficient (Wildman–Crippen LogP) is 2.82. The Bertz CT molecular complexity index is 458. The molecule has 3 rings (SSSR count). The van der Waals surface area contributed by atoms with E-state index in [2.05, 4.69) is 45.5 Å². The van der Waals surface area contributed by atoms with Gasteiger partial charge in [-0.3, -0.25) is 0 Å². The Morgan fingerprint density at radius 3 is 2.65 bits per heavy atom. The Morgan fingerprint density at radius 2 is 2.05 bits per heavy atom. The molecule has 4 heteroatoms. The number of aliphatic hydroxyl groups is 1. The molecule has 1 aromatic carbocycles. The first-order valence-corrected chi connectivity index (χ1v) is 8.19. The molecule has 0 radical (unpaired) electrons. The number of ether oxygens (including phenoxy) is 1. The highest BCUT2D eigenvalue weighted by Gasteiger charge is 2.40. The summed E-state index contributed by atoms with van der Waals surface area (Å²) in [6.45, 7) is 3.28. The molecule has 2 fully saturated rings. The number of hydrogen-bond acceptors (Lipinski definition) is 3. The minimum atomic E-state index is -0.678. The fraction of sp³-hybridized carbons (Fsp3) is 0.625. The highest BCUT2D eigenvalue weighted by Crippen LogP contribution is 2.37. The van der Waals surface area contributed by atoms with E-state index in [1.807, 2.05) is 6.92 Å². The summed E-state index contributed by atoms with van der Waals surface area (Å²) in [5.41, 5.74) is 0.741. The van der Waals surface area contributed by atoms with Gasteiger partial charge in [-0.2, -0.15) is 0 Å². The second kappa shape index (κ2) is 5.76. The molecule has 2 unspecified atom stereocenters. The van der Waals surface area contributed by atoms with Gasteiger partial charge in [0.25, 0.3) is 0 Å². The Labute approximate surface area is 128 Å². The lowest BCUT2D eigenvalue weighted by atomic mass is 9.75. The van der Waals surface area contributed by atoms with Crippen molar-refractivity contribution in [3.63, 3.8) is 0 Å². The summed E-state index contributed by atoms with van der Waals surface area (Å²) in [5, 5.41) is 14.0. The van der Waals surface area contributed by atoms with Crippen molar-refractivity contribution in [2.45, 2.75) is 49.9 Å². The molecule has 2 aliphatic rings. The highest BCUT2D eigenvalue weighted by atomic mass is 79.9. The number of hydrogen-bond donors (Lipinski definition) is 2. The number of nitrogens with one attached hydrogen (secondary N) is 1. The first kappa shape index (κ1) is 14.5. The lowest BCUT2D eigenvalue weighted by Crippen LogP contribution is -2.51. The fourth-order valence-electron chi connectivity index (χ4n) is 3.12. The van der Waals surface area contributed by atoms with Gasteiger partial charge in [0, 0.05) is 30.1 Å². The van der Waals surface area contributed by atoms with Gasteiger partial charge < -0.3 is 15.2 Å². The third-order valence-corrected chi connectivity index (χ3v) is 5.36. The van der Waals surface area contributed by atoms with Crippen LogP contribution in [0.5, 0.6) is 0 Å². The van der Waals surface area contributed by atoms with Crippen molar-refractivity contribution in [3.05, 3.63) is 34.3 Å². The molecule has 1 saturated carbocycles. The van der Waals surface area contributed by atoms with E-state index >= 15 is 0 Å². The molecule has 110 valence electrons. The molecule has 1 saturated heterocycles. The second-order valence-corrected chi connectivity index (χ2v) is 7.08. The van der Waals surface area contributed by atoms with Crippen molar-refractivity contribution >= 4 is 15.9 Å². The third-order valence-electron chi connectivity index (χ3n) is 4.84. The van der Waals surface area contributed by atoms with Crippen LogP contribution in [0.25, 0.3) is 0 Å². The molecule has 20 heavy (non-hydrogen) atoms. The molecule has 0 spiro atoms. The smallest absolute Gasteiger partial charge is 0.105 e. The molecular weight excluding hydrogens is 318 g/mol. The minimum Gasteiger partial charge on any atom is -0.386 e. The van der Waals surface area contributed by atoms with Gasteiger partial charge in [0.1, 0.15) is 5.60 Å². The van der Waals surface area contributed by atoms with E-state index in [0.29, 0.717) is 25.1 Å². The van der Waals surface area contributed by atoms with Gasteiger partial charge in [0.15, 0.2) is 0 Å². The Balaban J connectivity index is 1.45. The molecule has 1 aliphatic carbocycles. The van der Waals surface area contributed by atoms with E-state index < -0.39 is 5.60 Å². The van der Waals surface area contributed by atoms with Gasteiger partial charge in [0.2, 0.25) is 0 Å². The average molecular weight is 340 g/mol. The van der Waals surface area contributed by atoms with Gasteiger partial charge in [-0.25, -0.2) is 0 Å². The van der Waals surface area contributed by atoms with Crippen molar-refractivity contribution in [1.82, 2.24) is 5.32 Å². The molecular formula is C16H22BrNO2. The maximum atomic E-state index is 10.4. The monoisotopic (exact) mass is 339 g/mol. The summed E-state index contributed by atoms with van der Waals surface area (Å²) < 4.78 is 6.59. The van der Waals surface area contributed by atoms with Gasteiger partial charge in [0.05, 0.1) is 6.10 Å². The highest BCUT2D eigenvalue weighted by molar-refractivity contribution is 9.10. The van der Waals surface area contributed by atoms with Crippen LogP contribution in [0, 0.1) is 0 Å². The van der Waals surface area contributed by atoms with Gasteiger partial charge in [-0.15, -0.1) is 0 Å². The van der Waals surface area contributed by atoms with Crippen LogP contribution in [0.2, 0.25) is 0 Å². The second-order valence-electron chi connectivity index (χ2n) is 6.16. The molecule has 0 amide bonds. The van der Waals surface area contributed by atoms with E-state index in [0.717, 1.165) is 23.7 Å². The van der Waals surface area contributed by atoms with Crippen LogP contribution in [0.3, 0.4) is 0 Å². The standard InChI is InChI=1S/C16H22BrNO2/c1-11-16(19,6-7-20-11)10-18-15-8-13(9-15)12-2-4-14(17)5-3-12/h2-5,11,13,15,18-19H,6-10H2,1H3. The molecule has 3 nitrogen and oxygen atoms in total. The SMILES string of the molecule is CC1OCCC1(O)CNC1CC(c2ccc(Br)cc2)C1. The third kappa shape index (κ3) is 2.93. The lowest BCUT2D eigenvalue weighted by molar-refractivity contribution is -0.0295. The van der Waals surface area contributed by atoms with E-state index in [1.165, 1.54) is 5.56 Å². The van der Waals surface area contributed by atoms with Crippen LogP contribution in [-0.2, 0) is 4.74 Å². The van der Waals surface area contributed by atoms with Crippen molar-refractivity contribution in [2.24, 2.45) is 0 Å². The zero-order valence-electron chi connectivity index (χ0n) is 11.8. The first-order chi connectivity index (χ1) is 9.57. The van der Waals surface area contributed by atoms with E-state index in [4.69, 9.17) is 4.74 Å². The largest absolute Gasteiger partial charge is 0.386 e.